The van der Waals surface area contributed by atoms with Gasteiger partial charge in [-0.2, -0.15) is 0 Å². The molecular formula is C11H13N3O4S. The Morgan fingerprint density at radius 2 is 1.63 bits per heavy atom. The molecule has 2 aromatic rings. The molecule has 1 aromatic heterocycles. The highest BCUT2D eigenvalue weighted by atomic mass is 32.1. The first-order valence-electron chi connectivity index (χ1n) is 5.32. The molecule has 0 fully saturated rings. The lowest BCUT2D eigenvalue weighted by Gasteiger charge is -2.13. The lowest BCUT2D eigenvalue weighted by Crippen LogP contribution is -2.15. The van der Waals surface area contributed by atoms with Crippen LogP contribution in [0.15, 0.2) is 16.9 Å². The maximum Gasteiger partial charge on any atom is 0.347 e. The van der Waals surface area contributed by atoms with Crippen LogP contribution in [0.2, 0.25) is 0 Å². The Kier molecular flexibility index (Phi) is 3.61. The number of hydrogen-bond acceptors (Lipinski definition) is 5. The summed E-state index contributed by atoms with van der Waals surface area (Å²) >= 11 is 5.04. The molecule has 0 bridgehead atoms. The Bertz CT molecular complexity index is 648. The van der Waals surface area contributed by atoms with E-state index in [2.05, 4.69) is 10.2 Å². The van der Waals surface area contributed by atoms with Crippen molar-refractivity contribution in [3.8, 4) is 22.9 Å². The van der Waals surface area contributed by atoms with E-state index in [9.17, 15) is 4.79 Å². The van der Waals surface area contributed by atoms with Gasteiger partial charge in [0.25, 0.3) is 0 Å². The molecule has 102 valence electrons. The van der Waals surface area contributed by atoms with Crippen molar-refractivity contribution in [3.63, 3.8) is 0 Å². The lowest BCUT2D eigenvalue weighted by atomic mass is 10.2. The van der Waals surface area contributed by atoms with Crippen molar-refractivity contribution in [1.82, 2.24) is 14.8 Å². The number of nitrogens with one attached hydrogen (secondary N) is 2. The van der Waals surface area contributed by atoms with Crippen LogP contribution in [0.25, 0.3) is 5.69 Å². The quantitative estimate of drug-likeness (QED) is 0.825. The van der Waals surface area contributed by atoms with E-state index >= 15 is 0 Å². The zero-order valence-corrected chi connectivity index (χ0v) is 11.5. The second-order valence-corrected chi connectivity index (χ2v) is 3.97. The molecule has 0 saturated heterocycles. The van der Waals surface area contributed by atoms with E-state index in [1.54, 1.807) is 12.1 Å². The number of aromatic amines is 2. The van der Waals surface area contributed by atoms with Crippen LogP contribution in [-0.2, 0) is 0 Å². The number of benzene rings is 1. The molecule has 0 aliphatic heterocycles. The minimum atomic E-state index is -0.376. The van der Waals surface area contributed by atoms with Crippen molar-refractivity contribution in [2.75, 3.05) is 21.3 Å². The van der Waals surface area contributed by atoms with Gasteiger partial charge in [0, 0.05) is 12.1 Å². The first-order valence-corrected chi connectivity index (χ1v) is 5.73. The Labute approximate surface area is 113 Å². The SMILES string of the molecule is COc1cc(-n2c(=O)[nH][nH]c2=S)cc(OC)c1OC. The lowest BCUT2D eigenvalue weighted by molar-refractivity contribution is 0.324. The molecule has 8 heteroatoms. The van der Waals surface area contributed by atoms with Crippen molar-refractivity contribution in [2.45, 2.75) is 0 Å². The second-order valence-electron chi connectivity index (χ2n) is 3.58. The van der Waals surface area contributed by atoms with Gasteiger partial charge in [-0.05, 0) is 12.2 Å². The summed E-state index contributed by atoms with van der Waals surface area (Å²) in [7, 11) is 4.51. The van der Waals surface area contributed by atoms with E-state index in [1.807, 2.05) is 0 Å². The van der Waals surface area contributed by atoms with Gasteiger partial charge in [-0.3, -0.25) is 5.10 Å². The zero-order chi connectivity index (χ0) is 14.0. The number of rotatable bonds is 4. The van der Waals surface area contributed by atoms with E-state index < -0.39 is 0 Å². The van der Waals surface area contributed by atoms with Crippen LogP contribution >= 0.6 is 12.2 Å². The van der Waals surface area contributed by atoms with Gasteiger partial charge in [0.1, 0.15) is 0 Å². The Morgan fingerprint density at radius 3 is 2.00 bits per heavy atom. The van der Waals surface area contributed by atoms with Gasteiger partial charge in [0.05, 0.1) is 27.0 Å². The molecule has 0 aliphatic carbocycles. The molecule has 2 N–H and O–H groups in total. The summed E-state index contributed by atoms with van der Waals surface area (Å²) in [6.45, 7) is 0. The molecule has 0 spiro atoms. The smallest absolute Gasteiger partial charge is 0.347 e. The van der Waals surface area contributed by atoms with Crippen LogP contribution in [0, 0.1) is 4.77 Å². The van der Waals surface area contributed by atoms with Gasteiger partial charge < -0.3 is 14.2 Å². The summed E-state index contributed by atoms with van der Waals surface area (Å²) in [5.74, 6) is 1.34. The van der Waals surface area contributed by atoms with Gasteiger partial charge in [-0.25, -0.2) is 14.5 Å². The molecule has 0 aliphatic rings. The van der Waals surface area contributed by atoms with Crippen LogP contribution in [-0.4, -0.2) is 36.1 Å². The highest BCUT2D eigenvalue weighted by Crippen LogP contribution is 2.38. The van der Waals surface area contributed by atoms with E-state index in [0.717, 1.165) is 0 Å². The fourth-order valence-corrected chi connectivity index (χ4v) is 1.98. The van der Waals surface area contributed by atoms with Crippen LogP contribution in [0.1, 0.15) is 0 Å². The van der Waals surface area contributed by atoms with Crippen molar-refractivity contribution in [3.05, 3.63) is 27.4 Å². The maximum atomic E-state index is 11.7. The highest BCUT2D eigenvalue weighted by Gasteiger charge is 2.15. The molecule has 1 heterocycles. The molecule has 0 radical (unpaired) electrons. The van der Waals surface area contributed by atoms with E-state index in [4.69, 9.17) is 26.4 Å². The second kappa shape index (κ2) is 5.19. The predicted octanol–water partition coefficient (Wildman–Crippen LogP) is 1.25. The summed E-state index contributed by atoms with van der Waals surface area (Å²) in [5, 5.41) is 4.97. The van der Waals surface area contributed by atoms with Gasteiger partial charge in [0.15, 0.2) is 11.5 Å². The third-order valence-electron chi connectivity index (χ3n) is 2.59. The predicted molar refractivity (Wildman–Crippen MR) is 71.2 cm³/mol. The molecule has 1 aromatic carbocycles. The van der Waals surface area contributed by atoms with Crippen molar-refractivity contribution in [2.24, 2.45) is 0 Å². The molecule has 7 nitrogen and oxygen atoms in total. The summed E-state index contributed by atoms with van der Waals surface area (Å²) in [4.78, 5) is 11.7. The largest absolute Gasteiger partial charge is 0.493 e. The maximum absolute atomic E-state index is 11.7. The Balaban J connectivity index is 2.73. The summed E-state index contributed by atoms with van der Waals surface area (Å²) in [6, 6.07) is 3.28. The molecule has 2 rings (SSSR count). The number of ether oxygens (including phenoxy) is 3. The van der Waals surface area contributed by atoms with E-state index in [0.29, 0.717) is 22.9 Å². The summed E-state index contributed by atoms with van der Waals surface area (Å²) < 4.78 is 17.2. The topological polar surface area (TPSA) is 81.3 Å². The first-order chi connectivity index (χ1) is 9.12. The fraction of sp³-hybridized carbons (Fsp3) is 0.273. The summed E-state index contributed by atoms with van der Waals surface area (Å²) in [6.07, 6.45) is 0. The number of methoxy groups -OCH3 is 3. The zero-order valence-electron chi connectivity index (χ0n) is 10.6. The van der Waals surface area contributed by atoms with Gasteiger partial charge in [-0.15, -0.1) is 0 Å². The minimum Gasteiger partial charge on any atom is -0.493 e. The number of hydrogen-bond donors (Lipinski definition) is 2. The van der Waals surface area contributed by atoms with E-state index in [1.165, 1.54) is 25.9 Å². The van der Waals surface area contributed by atoms with Crippen LogP contribution in [0.3, 0.4) is 0 Å². The fourth-order valence-electron chi connectivity index (χ4n) is 1.74. The van der Waals surface area contributed by atoms with Crippen LogP contribution < -0.4 is 19.9 Å². The summed E-state index contributed by atoms with van der Waals surface area (Å²) in [5.41, 5.74) is 0.140. The molecule has 0 unspecified atom stereocenters. The van der Waals surface area contributed by atoms with Gasteiger partial charge >= 0.3 is 5.69 Å². The average Bonchev–Trinajstić information content (AvgIpc) is 2.76. The number of nitrogens with zero attached hydrogens (tertiary/aromatic N) is 1. The van der Waals surface area contributed by atoms with Crippen molar-refractivity contribution in [1.29, 1.82) is 0 Å². The molecule has 0 amide bonds. The third-order valence-corrected chi connectivity index (χ3v) is 2.87. The van der Waals surface area contributed by atoms with Crippen LogP contribution in [0.5, 0.6) is 17.2 Å². The van der Waals surface area contributed by atoms with Crippen LogP contribution in [0.4, 0.5) is 0 Å². The molecule has 0 saturated carbocycles. The molecule has 19 heavy (non-hydrogen) atoms. The number of aromatic nitrogens is 3. The van der Waals surface area contributed by atoms with Gasteiger partial charge in [0.2, 0.25) is 10.5 Å². The third kappa shape index (κ3) is 2.22. The van der Waals surface area contributed by atoms with E-state index in [-0.39, 0.29) is 10.5 Å². The normalized spacial score (nSPS) is 10.3. The number of H-pyrrole nitrogens is 2. The highest BCUT2D eigenvalue weighted by molar-refractivity contribution is 7.71. The average molecular weight is 283 g/mol. The van der Waals surface area contributed by atoms with Gasteiger partial charge in [-0.1, -0.05) is 0 Å². The standard InChI is InChI=1S/C11H13N3O4S/c1-16-7-4-6(5-8(17-2)9(7)18-3)14-10(15)12-13-11(14)19/h4-5H,1-3H3,(H,12,15)(H,13,19). The minimum absolute atomic E-state index is 0.249. The molecular weight excluding hydrogens is 270 g/mol. The Hall–Kier alpha value is -2.22. The van der Waals surface area contributed by atoms with Crippen molar-refractivity contribution >= 4 is 12.2 Å². The van der Waals surface area contributed by atoms with Crippen molar-refractivity contribution < 1.29 is 14.2 Å². The first kappa shape index (κ1) is 13.2. The monoisotopic (exact) mass is 283 g/mol. The molecule has 0 atom stereocenters. The Morgan fingerprint density at radius 1 is 1.05 bits per heavy atom.